The van der Waals surface area contributed by atoms with Crippen LogP contribution in [0.1, 0.15) is 18.5 Å². The molecule has 0 spiro atoms. The SMILES string of the molecule is COc1ccc([C@@H](C)N(c2ccc(F)cc2)S(=O)(=O)c2ccccc2)cc1OC. The smallest absolute Gasteiger partial charge is 0.264 e. The molecule has 0 saturated carbocycles. The van der Waals surface area contributed by atoms with Crippen molar-refractivity contribution >= 4 is 15.7 Å². The van der Waals surface area contributed by atoms with Gasteiger partial charge in [0.25, 0.3) is 10.0 Å². The van der Waals surface area contributed by atoms with E-state index >= 15 is 0 Å². The summed E-state index contributed by atoms with van der Waals surface area (Å²) in [6, 6.07) is 18.2. The average molecular weight is 415 g/mol. The Morgan fingerprint density at radius 2 is 1.48 bits per heavy atom. The van der Waals surface area contributed by atoms with E-state index in [-0.39, 0.29) is 4.90 Å². The first kappa shape index (κ1) is 20.7. The minimum Gasteiger partial charge on any atom is -0.493 e. The highest BCUT2D eigenvalue weighted by molar-refractivity contribution is 7.92. The van der Waals surface area contributed by atoms with Crippen molar-refractivity contribution in [3.8, 4) is 11.5 Å². The second kappa shape index (κ2) is 8.53. The van der Waals surface area contributed by atoms with Crippen molar-refractivity contribution in [2.24, 2.45) is 0 Å². The minimum atomic E-state index is -3.91. The summed E-state index contributed by atoms with van der Waals surface area (Å²) in [7, 11) is -0.859. The number of ether oxygens (including phenoxy) is 2. The van der Waals surface area contributed by atoms with E-state index in [2.05, 4.69) is 0 Å². The third-order valence-electron chi connectivity index (χ3n) is 4.62. The van der Waals surface area contributed by atoms with Crippen molar-refractivity contribution in [2.75, 3.05) is 18.5 Å². The summed E-state index contributed by atoms with van der Waals surface area (Å²) in [5.74, 6) is 0.597. The monoisotopic (exact) mass is 415 g/mol. The fraction of sp³-hybridized carbons (Fsp3) is 0.182. The van der Waals surface area contributed by atoms with Crippen LogP contribution in [0.25, 0.3) is 0 Å². The second-order valence-corrected chi connectivity index (χ2v) is 8.20. The van der Waals surface area contributed by atoms with Crippen LogP contribution in [-0.4, -0.2) is 22.6 Å². The molecule has 152 valence electrons. The first-order chi connectivity index (χ1) is 13.9. The van der Waals surface area contributed by atoms with Crippen molar-refractivity contribution in [3.05, 3.63) is 84.2 Å². The molecule has 5 nitrogen and oxygen atoms in total. The molecule has 29 heavy (non-hydrogen) atoms. The summed E-state index contributed by atoms with van der Waals surface area (Å²) in [6.45, 7) is 1.77. The van der Waals surface area contributed by atoms with Gasteiger partial charge in [-0.2, -0.15) is 0 Å². The van der Waals surface area contributed by atoms with Crippen LogP contribution in [0.3, 0.4) is 0 Å². The van der Waals surface area contributed by atoms with Crippen molar-refractivity contribution in [1.82, 2.24) is 0 Å². The summed E-state index contributed by atoms with van der Waals surface area (Å²) in [4.78, 5) is 0.150. The standard InChI is InChI=1S/C22H22FNO4S/c1-16(17-9-14-21(27-2)22(15-17)28-3)24(19-12-10-18(23)11-13-19)29(25,26)20-7-5-4-6-8-20/h4-16H,1-3H3/t16-/m1/s1. The molecule has 0 heterocycles. The fourth-order valence-electron chi connectivity index (χ4n) is 3.11. The van der Waals surface area contributed by atoms with Crippen molar-refractivity contribution in [3.63, 3.8) is 0 Å². The molecule has 0 fully saturated rings. The van der Waals surface area contributed by atoms with Crippen LogP contribution in [0, 0.1) is 5.82 Å². The zero-order chi connectivity index (χ0) is 21.0. The Morgan fingerprint density at radius 3 is 2.07 bits per heavy atom. The normalized spacial score (nSPS) is 12.3. The quantitative estimate of drug-likeness (QED) is 0.556. The molecule has 0 aliphatic carbocycles. The number of benzene rings is 3. The lowest BCUT2D eigenvalue weighted by Crippen LogP contribution is -2.33. The minimum absolute atomic E-state index is 0.150. The Kier molecular flexibility index (Phi) is 6.08. The van der Waals surface area contributed by atoms with Crippen LogP contribution in [-0.2, 0) is 10.0 Å². The summed E-state index contributed by atoms with van der Waals surface area (Å²) >= 11 is 0. The Morgan fingerprint density at radius 1 is 0.862 bits per heavy atom. The fourth-order valence-corrected chi connectivity index (χ4v) is 4.78. The van der Waals surface area contributed by atoms with Gasteiger partial charge in [0.1, 0.15) is 5.82 Å². The number of halogens is 1. The maximum atomic E-state index is 13.5. The van der Waals surface area contributed by atoms with Crippen LogP contribution in [0.2, 0.25) is 0 Å². The van der Waals surface area contributed by atoms with E-state index in [1.54, 1.807) is 43.3 Å². The van der Waals surface area contributed by atoms with Gasteiger partial charge in [-0.25, -0.2) is 12.8 Å². The predicted molar refractivity (Wildman–Crippen MR) is 110 cm³/mol. The molecule has 0 amide bonds. The molecule has 3 rings (SSSR count). The largest absolute Gasteiger partial charge is 0.493 e. The Balaban J connectivity index is 2.14. The van der Waals surface area contributed by atoms with E-state index in [0.717, 1.165) is 0 Å². The first-order valence-corrected chi connectivity index (χ1v) is 10.4. The zero-order valence-corrected chi connectivity index (χ0v) is 17.2. The van der Waals surface area contributed by atoms with E-state index in [4.69, 9.17) is 9.47 Å². The van der Waals surface area contributed by atoms with Crippen LogP contribution in [0.4, 0.5) is 10.1 Å². The van der Waals surface area contributed by atoms with Gasteiger partial charge in [-0.15, -0.1) is 0 Å². The Hall–Kier alpha value is -3.06. The maximum Gasteiger partial charge on any atom is 0.264 e. The lowest BCUT2D eigenvalue weighted by Gasteiger charge is -2.31. The molecule has 1 atom stereocenters. The predicted octanol–water partition coefficient (Wildman–Crippen LogP) is 4.80. The number of sulfonamides is 1. The van der Waals surface area contributed by atoms with E-state index in [9.17, 15) is 12.8 Å². The van der Waals surface area contributed by atoms with Gasteiger partial charge >= 0.3 is 0 Å². The molecule has 0 radical (unpaired) electrons. The molecule has 3 aromatic rings. The van der Waals surface area contributed by atoms with Gasteiger partial charge < -0.3 is 9.47 Å². The van der Waals surface area contributed by atoms with Crippen LogP contribution < -0.4 is 13.8 Å². The van der Waals surface area contributed by atoms with Crippen LogP contribution in [0.15, 0.2) is 77.7 Å². The van der Waals surface area contributed by atoms with Gasteiger partial charge in [0.2, 0.25) is 0 Å². The van der Waals surface area contributed by atoms with Gasteiger partial charge in [0, 0.05) is 0 Å². The van der Waals surface area contributed by atoms with Gasteiger partial charge in [-0.1, -0.05) is 24.3 Å². The molecule has 0 aliphatic heterocycles. The van der Waals surface area contributed by atoms with Crippen molar-refractivity contribution in [2.45, 2.75) is 17.9 Å². The second-order valence-electron chi connectivity index (χ2n) is 6.38. The van der Waals surface area contributed by atoms with Gasteiger partial charge in [0.05, 0.1) is 30.8 Å². The molecule has 0 bridgehead atoms. The topological polar surface area (TPSA) is 55.8 Å². The molecule has 0 saturated heterocycles. The highest BCUT2D eigenvalue weighted by Gasteiger charge is 2.30. The van der Waals surface area contributed by atoms with Crippen molar-refractivity contribution in [1.29, 1.82) is 0 Å². The molecule has 3 aromatic carbocycles. The van der Waals surface area contributed by atoms with Crippen LogP contribution >= 0.6 is 0 Å². The summed E-state index contributed by atoms with van der Waals surface area (Å²) < 4.78 is 52.4. The van der Waals surface area contributed by atoms with Crippen molar-refractivity contribution < 1.29 is 22.3 Å². The van der Waals surface area contributed by atoms with Gasteiger partial charge in [-0.05, 0) is 61.0 Å². The number of anilines is 1. The van der Waals surface area contributed by atoms with E-state index in [1.807, 2.05) is 0 Å². The molecular weight excluding hydrogens is 393 g/mol. The molecule has 0 N–H and O–H groups in total. The Labute approximate surface area is 170 Å². The molecule has 0 aromatic heterocycles. The molecule has 7 heteroatoms. The lowest BCUT2D eigenvalue weighted by atomic mass is 10.1. The highest BCUT2D eigenvalue weighted by Crippen LogP contribution is 2.36. The summed E-state index contributed by atoms with van der Waals surface area (Å²) in [5, 5.41) is 0. The van der Waals surface area contributed by atoms with E-state index in [1.165, 1.54) is 54.9 Å². The molecular formula is C22H22FNO4S. The zero-order valence-electron chi connectivity index (χ0n) is 16.4. The third-order valence-corrected chi connectivity index (χ3v) is 6.54. The maximum absolute atomic E-state index is 13.5. The van der Waals surface area contributed by atoms with Gasteiger partial charge in [-0.3, -0.25) is 4.31 Å². The third kappa shape index (κ3) is 4.19. The highest BCUT2D eigenvalue weighted by atomic mass is 32.2. The molecule has 0 unspecified atom stereocenters. The lowest BCUT2D eigenvalue weighted by molar-refractivity contribution is 0.354. The van der Waals surface area contributed by atoms with Crippen LogP contribution in [0.5, 0.6) is 11.5 Å². The number of methoxy groups -OCH3 is 2. The number of rotatable bonds is 7. The average Bonchev–Trinajstić information content (AvgIpc) is 2.75. The Bertz CT molecular complexity index is 1070. The summed E-state index contributed by atoms with van der Waals surface area (Å²) in [6.07, 6.45) is 0. The van der Waals surface area contributed by atoms with E-state index < -0.39 is 21.9 Å². The van der Waals surface area contributed by atoms with E-state index in [0.29, 0.717) is 22.7 Å². The number of hydrogen-bond donors (Lipinski definition) is 0. The van der Waals surface area contributed by atoms with Gasteiger partial charge in [0.15, 0.2) is 11.5 Å². The molecule has 0 aliphatic rings. The number of hydrogen-bond acceptors (Lipinski definition) is 4. The number of nitrogens with zero attached hydrogens (tertiary/aromatic N) is 1. The summed E-state index contributed by atoms with van der Waals surface area (Å²) in [5.41, 5.74) is 1.06. The first-order valence-electron chi connectivity index (χ1n) is 8.95.